The molecule has 1 rings (SSSR count). The van der Waals surface area contributed by atoms with Crippen LogP contribution < -0.4 is 4.74 Å². The minimum Gasteiger partial charge on any atom is -0.466 e. The third kappa shape index (κ3) is 4.19. The molecule has 0 aliphatic rings. The van der Waals surface area contributed by atoms with Gasteiger partial charge in [-0.05, 0) is 31.0 Å². The van der Waals surface area contributed by atoms with E-state index in [4.69, 9.17) is 10.00 Å². The molecule has 6 heteroatoms. The highest BCUT2D eigenvalue weighted by atomic mass is 19.3. The normalized spacial score (nSPS) is 10.2. The van der Waals surface area contributed by atoms with Crippen LogP contribution in [-0.2, 0) is 22.4 Å². The Morgan fingerprint density at radius 2 is 2.00 bits per heavy atom. The van der Waals surface area contributed by atoms with Crippen molar-refractivity contribution in [2.45, 2.75) is 33.3 Å². The quantitative estimate of drug-likeness (QED) is 0.753. The van der Waals surface area contributed by atoms with E-state index in [0.29, 0.717) is 17.5 Å². The van der Waals surface area contributed by atoms with Crippen molar-refractivity contribution in [2.75, 3.05) is 6.61 Å². The summed E-state index contributed by atoms with van der Waals surface area (Å²) in [6.07, 6.45) is 0.200. The van der Waals surface area contributed by atoms with Crippen LogP contribution in [0, 0.1) is 11.3 Å². The van der Waals surface area contributed by atoms with E-state index < -0.39 is 12.6 Å². The smallest absolute Gasteiger partial charge is 0.387 e. The van der Waals surface area contributed by atoms with Gasteiger partial charge in [0.05, 0.1) is 24.7 Å². The first-order valence-electron chi connectivity index (χ1n) is 6.18. The van der Waals surface area contributed by atoms with Crippen LogP contribution in [0.3, 0.4) is 0 Å². The molecule has 20 heavy (non-hydrogen) atoms. The third-order valence-corrected chi connectivity index (χ3v) is 2.60. The number of aryl methyl sites for hydroxylation is 1. The predicted octanol–water partition coefficient (Wildman–Crippen LogP) is 2.83. The number of hydrogen-bond donors (Lipinski definition) is 0. The van der Waals surface area contributed by atoms with Crippen molar-refractivity contribution in [1.29, 1.82) is 5.26 Å². The molecule has 1 aromatic carbocycles. The highest BCUT2D eigenvalue weighted by molar-refractivity contribution is 5.74. The molecule has 0 aromatic heterocycles. The van der Waals surface area contributed by atoms with Crippen LogP contribution in [-0.4, -0.2) is 19.2 Å². The van der Waals surface area contributed by atoms with Crippen LogP contribution in [0.25, 0.3) is 0 Å². The molecule has 0 radical (unpaired) electrons. The molecule has 0 aliphatic heterocycles. The van der Waals surface area contributed by atoms with Gasteiger partial charge in [0.1, 0.15) is 5.75 Å². The van der Waals surface area contributed by atoms with Gasteiger partial charge >= 0.3 is 12.6 Å². The van der Waals surface area contributed by atoms with Crippen molar-refractivity contribution in [3.8, 4) is 11.8 Å². The van der Waals surface area contributed by atoms with Gasteiger partial charge in [0.2, 0.25) is 0 Å². The zero-order valence-electron chi connectivity index (χ0n) is 11.3. The number of carbonyl (C=O) groups is 1. The molecule has 4 nitrogen and oxygen atoms in total. The maximum Gasteiger partial charge on any atom is 0.387 e. The van der Waals surface area contributed by atoms with Crippen molar-refractivity contribution < 1.29 is 23.0 Å². The van der Waals surface area contributed by atoms with Crippen LogP contribution in [0.5, 0.6) is 5.75 Å². The highest BCUT2D eigenvalue weighted by Gasteiger charge is 2.18. The summed E-state index contributed by atoms with van der Waals surface area (Å²) >= 11 is 0. The molecule has 0 amide bonds. The molecule has 0 atom stereocenters. The van der Waals surface area contributed by atoms with Gasteiger partial charge in [-0.2, -0.15) is 14.0 Å². The van der Waals surface area contributed by atoms with E-state index in [-0.39, 0.29) is 24.3 Å². The number of benzene rings is 1. The van der Waals surface area contributed by atoms with Crippen molar-refractivity contribution in [1.82, 2.24) is 0 Å². The summed E-state index contributed by atoms with van der Waals surface area (Å²) in [4.78, 5) is 11.5. The van der Waals surface area contributed by atoms with Crippen molar-refractivity contribution in [2.24, 2.45) is 0 Å². The molecular formula is C14H15F2NO3. The fourth-order valence-electron chi connectivity index (χ4n) is 1.82. The van der Waals surface area contributed by atoms with Crippen LogP contribution in [0.1, 0.15) is 30.5 Å². The van der Waals surface area contributed by atoms with Gasteiger partial charge in [-0.25, -0.2) is 0 Å². The van der Waals surface area contributed by atoms with E-state index in [2.05, 4.69) is 4.74 Å². The zero-order chi connectivity index (χ0) is 15.1. The van der Waals surface area contributed by atoms with Crippen molar-refractivity contribution >= 4 is 5.97 Å². The number of halogens is 2. The molecule has 0 saturated heterocycles. The fourth-order valence-corrected chi connectivity index (χ4v) is 1.82. The molecule has 0 bridgehead atoms. The first-order valence-corrected chi connectivity index (χ1v) is 6.18. The summed E-state index contributed by atoms with van der Waals surface area (Å²) < 4.78 is 34.2. The van der Waals surface area contributed by atoms with E-state index in [1.807, 2.05) is 6.07 Å². The van der Waals surface area contributed by atoms with Crippen LogP contribution in [0.15, 0.2) is 12.1 Å². The third-order valence-electron chi connectivity index (χ3n) is 2.60. The first kappa shape index (κ1) is 15.9. The average Bonchev–Trinajstić information content (AvgIpc) is 2.40. The van der Waals surface area contributed by atoms with E-state index >= 15 is 0 Å². The molecule has 108 valence electrons. The second-order valence-electron chi connectivity index (χ2n) is 3.95. The van der Waals surface area contributed by atoms with E-state index in [1.165, 1.54) is 12.1 Å². The number of nitriles is 1. The Labute approximate surface area is 115 Å². The lowest BCUT2D eigenvalue weighted by molar-refractivity contribution is -0.142. The molecule has 0 unspecified atom stereocenters. The lowest BCUT2D eigenvalue weighted by Crippen LogP contribution is -2.12. The van der Waals surface area contributed by atoms with Gasteiger partial charge in [0, 0.05) is 5.56 Å². The van der Waals surface area contributed by atoms with Crippen molar-refractivity contribution in [3.63, 3.8) is 0 Å². The Morgan fingerprint density at radius 3 is 2.50 bits per heavy atom. The highest BCUT2D eigenvalue weighted by Crippen LogP contribution is 2.29. The van der Waals surface area contributed by atoms with E-state index in [1.54, 1.807) is 13.8 Å². The van der Waals surface area contributed by atoms with Crippen LogP contribution in [0.2, 0.25) is 0 Å². The Balaban J connectivity index is 3.22. The topological polar surface area (TPSA) is 59.3 Å². The van der Waals surface area contributed by atoms with Gasteiger partial charge in [0.25, 0.3) is 0 Å². The molecule has 0 N–H and O–H groups in total. The average molecular weight is 283 g/mol. The first-order chi connectivity index (χ1) is 9.51. The van der Waals surface area contributed by atoms with Crippen LogP contribution >= 0.6 is 0 Å². The summed E-state index contributed by atoms with van der Waals surface area (Å²) in [5.74, 6) is -0.599. The largest absolute Gasteiger partial charge is 0.466 e. The predicted molar refractivity (Wildman–Crippen MR) is 67.5 cm³/mol. The monoisotopic (exact) mass is 283 g/mol. The van der Waals surface area contributed by atoms with Gasteiger partial charge in [-0.1, -0.05) is 6.92 Å². The van der Waals surface area contributed by atoms with Gasteiger partial charge in [-0.15, -0.1) is 0 Å². The molecule has 0 fully saturated rings. The summed E-state index contributed by atoms with van der Waals surface area (Å²) in [6, 6.07) is 4.78. The van der Waals surface area contributed by atoms with Crippen LogP contribution in [0.4, 0.5) is 8.78 Å². The summed E-state index contributed by atoms with van der Waals surface area (Å²) in [6.45, 7) is 0.609. The summed E-state index contributed by atoms with van der Waals surface area (Å²) in [5, 5.41) is 8.94. The van der Waals surface area contributed by atoms with Gasteiger partial charge < -0.3 is 9.47 Å². The SMILES string of the molecule is CCOC(=O)Cc1cc(C#N)cc(CC)c1OC(F)F. The number of alkyl halides is 2. The van der Waals surface area contributed by atoms with Gasteiger partial charge in [0.15, 0.2) is 0 Å². The maximum absolute atomic E-state index is 12.5. The Morgan fingerprint density at radius 1 is 1.35 bits per heavy atom. The molecule has 1 aromatic rings. The number of nitrogens with zero attached hydrogens (tertiary/aromatic N) is 1. The molecule has 0 aliphatic carbocycles. The lowest BCUT2D eigenvalue weighted by atomic mass is 10.0. The second-order valence-corrected chi connectivity index (χ2v) is 3.95. The molecular weight excluding hydrogens is 268 g/mol. The fraction of sp³-hybridized carbons (Fsp3) is 0.429. The Bertz CT molecular complexity index is 524. The van der Waals surface area contributed by atoms with Crippen molar-refractivity contribution in [3.05, 3.63) is 28.8 Å². The number of hydrogen-bond acceptors (Lipinski definition) is 4. The van der Waals surface area contributed by atoms with E-state index in [9.17, 15) is 13.6 Å². The van der Waals surface area contributed by atoms with Gasteiger partial charge in [-0.3, -0.25) is 4.79 Å². The number of carbonyl (C=O) groups excluding carboxylic acids is 1. The summed E-state index contributed by atoms with van der Waals surface area (Å²) in [5.41, 5.74) is 0.992. The second kappa shape index (κ2) is 7.43. The summed E-state index contributed by atoms with van der Waals surface area (Å²) in [7, 11) is 0. The number of ether oxygens (including phenoxy) is 2. The number of esters is 1. The number of rotatable bonds is 6. The Kier molecular flexibility index (Phi) is 5.91. The molecule has 0 spiro atoms. The zero-order valence-corrected chi connectivity index (χ0v) is 11.3. The molecule has 0 saturated carbocycles. The minimum absolute atomic E-state index is 0.0467. The van der Waals surface area contributed by atoms with E-state index in [0.717, 1.165) is 0 Å². The molecule has 0 heterocycles. The lowest BCUT2D eigenvalue weighted by Gasteiger charge is -2.15. The Hall–Kier alpha value is -2.16. The minimum atomic E-state index is -2.99. The maximum atomic E-state index is 12.5. The standard InChI is InChI=1S/C14H15F2NO3/c1-3-10-5-9(8-17)6-11(7-12(18)19-4-2)13(10)20-14(15)16/h5-6,14H,3-4,7H2,1-2H3.